The van der Waals surface area contributed by atoms with Gasteiger partial charge in [0.2, 0.25) is 5.91 Å². The molecule has 228 valence electrons. The third kappa shape index (κ3) is 7.95. The standard InChI is InChI=1S/C32H39ClN6O4/c1-5-10-21(33)17-24(20(3)6-2)25-15-16-39(31(41)38-25)28-11-8-7-9-12-29(40)36-26-18-22(35-32(42)43-4)13-14-23(26)27-19-34-30(28)37-27/h5,7-8,10,13-14,17-19,25,28H,6,9,11-12,15-16H2,1-4H3,(H,34,37)(H,35,42)(H,36,40)(H,38,41)/b8-7+,10-5-,21-17+,24-20-. The number of urea groups is 1. The molecule has 0 radical (unpaired) electrons. The lowest BCUT2D eigenvalue weighted by molar-refractivity contribution is -0.116. The number of aromatic nitrogens is 2. The Bertz CT molecular complexity index is 1470. The van der Waals surface area contributed by atoms with Crippen molar-refractivity contribution in [3.05, 3.63) is 76.8 Å². The van der Waals surface area contributed by atoms with E-state index in [0.29, 0.717) is 59.3 Å². The topological polar surface area (TPSA) is 128 Å². The second-order valence-electron chi connectivity index (χ2n) is 10.5. The van der Waals surface area contributed by atoms with Crippen LogP contribution in [-0.2, 0) is 9.53 Å². The van der Waals surface area contributed by atoms with Gasteiger partial charge in [-0.25, -0.2) is 14.6 Å². The first-order valence-corrected chi connectivity index (χ1v) is 14.9. The predicted molar refractivity (Wildman–Crippen MR) is 170 cm³/mol. The second-order valence-corrected chi connectivity index (χ2v) is 10.9. The molecule has 2 atom stereocenters. The Morgan fingerprint density at radius 3 is 2.81 bits per heavy atom. The average molecular weight is 607 g/mol. The summed E-state index contributed by atoms with van der Waals surface area (Å²) in [6.45, 7) is 6.61. The number of ether oxygens (including phenoxy) is 1. The highest BCUT2D eigenvalue weighted by Gasteiger charge is 2.33. The van der Waals surface area contributed by atoms with Gasteiger partial charge in [-0.1, -0.05) is 42.3 Å². The van der Waals surface area contributed by atoms with Gasteiger partial charge in [0.05, 0.1) is 36.8 Å². The molecule has 4 amide bonds. The molecule has 2 aromatic rings. The number of H-pyrrole nitrogens is 1. The van der Waals surface area contributed by atoms with Crippen molar-refractivity contribution < 1.29 is 19.1 Å². The molecule has 3 heterocycles. The van der Waals surface area contributed by atoms with Crippen molar-refractivity contribution in [2.75, 3.05) is 24.3 Å². The number of hydrogen-bond donors (Lipinski definition) is 4. The Hall–Kier alpha value is -4.31. The molecule has 11 heteroatoms. The summed E-state index contributed by atoms with van der Waals surface area (Å²) in [5.41, 5.74) is 4.57. The van der Waals surface area contributed by atoms with Gasteiger partial charge in [0.15, 0.2) is 0 Å². The van der Waals surface area contributed by atoms with Crippen LogP contribution in [-0.4, -0.2) is 52.6 Å². The monoisotopic (exact) mass is 606 g/mol. The van der Waals surface area contributed by atoms with Gasteiger partial charge in [0.1, 0.15) is 5.82 Å². The number of anilines is 2. The maximum Gasteiger partial charge on any atom is 0.411 e. The highest BCUT2D eigenvalue weighted by Crippen LogP contribution is 2.34. The summed E-state index contributed by atoms with van der Waals surface area (Å²) in [7, 11) is 1.28. The number of methoxy groups -OCH3 is 1. The minimum absolute atomic E-state index is 0.156. The molecule has 1 aromatic heterocycles. The predicted octanol–water partition coefficient (Wildman–Crippen LogP) is 7.18. The van der Waals surface area contributed by atoms with Crippen molar-refractivity contribution in [2.45, 2.75) is 65.0 Å². The number of imidazole rings is 1. The van der Waals surface area contributed by atoms with Crippen molar-refractivity contribution in [3.8, 4) is 11.3 Å². The quantitative estimate of drug-likeness (QED) is 0.204. The largest absolute Gasteiger partial charge is 0.453 e. The molecule has 2 aliphatic rings. The van der Waals surface area contributed by atoms with Crippen LogP contribution in [0.5, 0.6) is 0 Å². The number of rotatable bonds is 6. The van der Waals surface area contributed by atoms with Crippen molar-refractivity contribution in [1.29, 1.82) is 0 Å². The van der Waals surface area contributed by atoms with Crippen LogP contribution in [0.15, 0.2) is 71.0 Å². The van der Waals surface area contributed by atoms with Gasteiger partial charge in [0.25, 0.3) is 0 Å². The van der Waals surface area contributed by atoms with E-state index < -0.39 is 6.09 Å². The van der Waals surface area contributed by atoms with Crippen LogP contribution in [0.3, 0.4) is 0 Å². The van der Waals surface area contributed by atoms with Crippen LogP contribution in [0.2, 0.25) is 0 Å². The molecule has 2 aliphatic heterocycles. The molecule has 0 spiro atoms. The smallest absolute Gasteiger partial charge is 0.411 e. The molecule has 4 N–H and O–H groups in total. The molecule has 4 rings (SSSR count). The number of aromatic amines is 1. The van der Waals surface area contributed by atoms with Crippen LogP contribution in [0, 0.1) is 0 Å². The summed E-state index contributed by atoms with van der Waals surface area (Å²) < 4.78 is 4.70. The zero-order valence-corrected chi connectivity index (χ0v) is 25.8. The first-order chi connectivity index (χ1) is 20.7. The lowest BCUT2D eigenvalue weighted by atomic mass is 9.94. The van der Waals surface area contributed by atoms with Crippen LogP contribution < -0.4 is 16.0 Å². The van der Waals surface area contributed by atoms with E-state index in [2.05, 4.69) is 39.8 Å². The normalized spacial score (nSPS) is 21.0. The van der Waals surface area contributed by atoms with E-state index in [4.69, 9.17) is 16.3 Å². The molecule has 10 nitrogen and oxygen atoms in total. The minimum Gasteiger partial charge on any atom is -0.453 e. The molecule has 2 unspecified atom stereocenters. The Morgan fingerprint density at radius 2 is 2.09 bits per heavy atom. The Balaban J connectivity index is 1.64. The molecule has 43 heavy (non-hydrogen) atoms. The van der Waals surface area contributed by atoms with E-state index in [-0.39, 0.29) is 30.4 Å². The zero-order chi connectivity index (χ0) is 30.9. The second kappa shape index (κ2) is 14.7. The maximum absolute atomic E-state index is 13.6. The van der Waals surface area contributed by atoms with Crippen LogP contribution in [0.4, 0.5) is 21.0 Å². The summed E-state index contributed by atoms with van der Waals surface area (Å²) in [6.07, 6.45) is 13.6. The zero-order valence-electron chi connectivity index (χ0n) is 25.0. The summed E-state index contributed by atoms with van der Waals surface area (Å²) in [5, 5.41) is 9.41. The Kier molecular flexibility index (Phi) is 10.8. The number of benzene rings is 1. The maximum atomic E-state index is 13.6. The summed E-state index contributed by atoms with van der Waals surface area (Å²) >= 11 is 6.44. The molecule has 2 bridgehead atoms. The Morgan fingerprint density at radius 1 is 1.28 bits per heavy atom. The third-order valence-electron chi connectivity index (χ3n) is 7.60. The Labute approximate surface area is 257 Å². The first kappa shape index (κ1) is 31.6. The molecular weight excluding hydrogens is 568 g/mol. The summed E-state index contributed by atoms with van der Waals surface area (Å²) in [5.74, 6) is 0.478. The van der Waals surface area contributed by atoms with Gasteiger partial charge in [-0.15, -0.1) is 0 Å². The van der Waals surface area contributed by atoms with Gasteiger partial charge in [-0.05, 0) is 75.5 Å². The van der Waals surface area contributed by atoms with Crippen molar-refractivity contribution in [3.63, 3.8) is 0 Å². The fourth-order valence-corrected chi connectivity index (χ4v) is 5.46. The van der Waals surface area contributed by atoms with Gasteiger partial charge in [-0.2, -0.15) is 0 Å². The number of nitrogens with zero attached hydrogens (tertiary/aromatic N) is 2. The van der Waals surface area contributed by atoms with E-state index in [1.165, 1.54) is 12.7 Å². The van der Waals surface area contributed by atoms with Crippen molar-refractivity contribution in [2.24, 2.45) is 0 Å². The molecular formula is C32H39ClN6O4. The number of halogens is 1. The number of amides is 4. The van der Waals surface area contributed by atoms with Gasteiger partial charge >= 0.3 is 12.1 Å². The fraction of sp³-hybridized carbons (Fsp3) is 0.375. The lowest BCUT2D eigenvalue weighted by Crippen LogP contribution is -2.53. The number of fused-ring (bicyclic) bond motifs is 4. The van der Waals surface area contributed by atoms with Gasteiger partial charge < -0.3 is 25.3 Å². The van der Waals surface area contributed by atoms with Crippen molar-refractivity contribution in [1.82, 2.24) is 20.2 Å². The number of carbonyl (C=O) groups excluding carboxylic acids is 3. The molecule has 1 aromatic carbocycles. The number of nitrogens with one attached hydrogen (secondary N) is 4. The van der Waals surface area contributed by atoms with Crippen molar-refractivity contribution >= 4 is 41.0 Å². The third-order valence-corrected chi connectivity index (χ3v) is 7.84. The van der Waals surface area contributed by atoms with E-state index in [0.717, 1.165) is 12.0 Å². The molecule has 0 aliphatic carbocycles. The van der Waals surface area contributed by atoms with E-state index in [1.54, 1.807) is 24.4 Å². The van der Waals surface area contributed by atoms with Crippen LogP contribution in [0.1, 0.15) is 64.7 Å². The lowest BCUT2D eigenvalue weighted by Gasteiger charge is -2.38. The highest BCUT2D eigenvalue weighted by atomic mass is 35.5. The van der Waals surface area contributed by atoms with E-state index >= 15 is 0 Å². The van der Waals surface area contributed by atoms with Crippen LogP contribution in [0.25, 0.3) is 11.3 Å². The SMILES string of the molecule is C\C=C/C(Cl)=C\C(=C(/C)CC)C1CCN(C2C/C=C/CCC(=O)Nc3cc(NC(=O)OC)ccc3-c3cnc2[nH]3)C(=O)N1. The average Bonchev–Trinajstić information content (AvgIpc) is 3.47. The highest BCUT2D eigenvalue weighted by molar-refractivity contribution is 6.31. The molecule has 1 fully saturated rings. The summed E-state index contributed by atoms with van der Waals surface area (Å²) in [6, 6.07) is 4.51. The van der Waals surface area contributed by atoms with E-state index in [1.807, 2.05) is 42.2 Å². The number of carbonyl (C=O) groups is 3. The number of hydrogen-bond acceptors (Lipinski definition) is 5. The minimum atomic E-state index is -0.612. The summed E-state index contributed by atoms with van der Waals surface area (Å²) in [4.78, 5) is 48.0. The molecule has 0 saturated carbocycles. The fourth-order valence-electron chi connectivity index (χ4n) is 5.21. The molecule has 1 saturated heterocycles. The number of allylic oxidation sites excluding steroid dienone is 5. The van der Waals surface area contributed by atoms with Gasteiger partial charge in [-0.3, -0.25) is 10.1 Å². The van der Waals surface area contributed by atoms with E-state index in [9.17, 15) is 14.4 Å². The first-order valence-electron chi connectivity index (χ1n) is 14.5. The van der Waals surface area contributed by atoms with Crippen LogP contribution >= 0.6 is 11.6 Å². The van der Waals surface area contributed by atoms with Gasteiger partial charge in [0, 0.05) is 29.2 Å².